The van der Waals surface area contributed by atoms with Gasteiger partial charge in [-0.1, -0.05) is 26.0 Å². The highest BCUT2D eigenvalue weighted by Crippen LogP contribution is 2.52. The van der Waals surface area contributed by atoms with Gasteiger partial charge >= 0.3 is 0 Å². The molecular formula is C16H27N5O2. The highest BCUT2D eigenvalue weighted by Gasteiger charge is 2.51. The van der Waals surface area contributed by atoms with Crippen molar-refractivity contribution in [2.45, 2.75) is 59.7 Å². The molecule has 1 saturated heterocycles. The summed E-state index contributed by atoms with van der Waals surface area (Å²) in [6.45, 7) is 10.3. The quantitative estimate of drug-likeness (QED) is 0.915. The van der Waals surface area contributed by atoms with E-state index in [9.17, 15) is 4.79 Å². The number of fused-ring (bicyclic) bond motifs is 2. The Balaban J connectivity index is 1.81. The Bertz CT molecular complexity index is 612. The zero-order valence-electron chi connectivity index (χ0n) is 14.5. The average molecular weight is 321 g/mol. The number of nitrogen functional groups attached to an aromatic ring is 1. The second kappa shape index (κ2) is 5.47. The molecule has 128 valence electrons. The van der Waals surface area contributed by atoms with Gasteiger partial charge in [-0.05, 0) is 37.0 Å². The molecule has 23 heavy (non-hydrogen) atoms. The number of ether oxygens (including phenoxy) is 1. The van der Waals surface area contributed by atoms with E-state index in [2.05, 4.69) is 31.1 Å². The van der Waals surface area contributed by atoms with Gasteiger partial charge in [0, 0.05) is 19.2 Å². The van der Waals surface area contributed by atoms with Crippen LogP contribution >= 0.6 is 0 Å². The smallest absolute Gasteiger partial charge is 0.278 e. The molecule has 2 N–H and O–H groups in total. The summed E-state index contributed by atoms with van der Waals surface area (Å²) in [5.41, 5.74) is 6.76. The fraction of sp³-hybridized carbons (Fsp3) is 0.812. The summed E-state index contributed by atoms with van der Waals surface area (Å²) in [5, 5.41) is 7.95. The van der Waals surface area contributed by atoms with Crippen molar-refractivity contribution >= 4 is 11.7 Å². The molecule has 2 fully saturated rings. The van der Waals surface area contributed by atoms with Crippen LogP contribution in [0.1, 0.15) is 57.4 Å². The van der Waals surface area contributed by atoms with Crippen LogP contribution in [0.15, 0.2) is 0 Å². The molecule has 7 heteroatoms. The second-order valence-corrected chi connectivity index (χ2v) is 8.09. The number of carbonyl (C=O) groups is 1. The molecule has 2 heterocycles. The molecule has 0 radical (unpaired) electrons. The number of likely N-dealkylation sites (tertiary alicyclic amines) is 1. The predicted octanol–water partition coefficient (Wildman–Crippen LogP) is 1.90. The molecule has 2 bridgehead atoms. The maximum Gasteiger partial charge on any atom is 0.278 e. The van der Waals surface area contributed by atoms with Crippen molar-refractivity contribution in [1.82, 2.24) is 19.9 Å². The number of rotatable bonds is 4. The number of nitrogens with two attached hydrogens (primary N) is 1. The van der Waals surface area contributed by atoms with E-state index < -0.39 is 0 Å². The fourth-order valence-electron chi connectivity index (χ4n) is 4.58. The molecule has 1 aromatic rings. The van der Waals surface area contributed by atoms with Gasteiger partial charge in [0.25, 0.3) is 5.91 Å². The number of anilines is 1. The van der Waals surface area contributed by atoms with Crippen LogP contribution in [-0.4, -0.2) is 45.0 Å². The Morgan fingerprint density at radius 1 is 1.39 bits per heavy atom. The van der Waals surface area contributed by atoms with E-state index in [-0.39, 0.29) is 41.0 Å². The minimum atomic E-state index is -0.100. The number of amides is 1. The molecule has 1 aliphatic heterocycles. The summed E-state index contributed by atoms with van der Waals surface area (Å²) in [6.07, 6.45) is 3.24. The molecule has 2 atom stereocenters. The molecule has 0 aromatic carbocycles. The van der Waals surface area contributed by atoms with Gasteiger partial charge < -0.3 is 15.4 Å². The molecule has 0 spiro atoms. The normalized spacial score (nSPS) is 29.0. The van der Waals surface area contributed by atoms with Gasteiger partial charge in [-0.2, -0.15) is 0 Å². The molecule has 3 rings (SSSR count). The fourth-order valence-corrected chi connectivity index (χ4v) is 4.58. The van der Waals surface area contributed by atoms with Gasteiger partial charge in [-0.25, -0.2) is 4.68 Å². The van der Waals surface area contributed by atoms with Crippen molar-refractivity contribution in [3.8, 4) is 0 Å². The van der Waals surface area contributed by atoms with Crippen LogP contribution in [0, 0.1) is 10.8 Å². The largest absolute Gasteiger partial charge is 0.382 e. The van der Waals surface area contributed by atoms with Crippen LogP contribution < -0.4 is 5.73 Å². The first kappa shape index (κ1) is 16.2. The van der Waals surface area contributed by atoms with Gasteiger partial charge in [0.15, 0.2) is 11.5 Å². The first-order chi connectivity index (χ1) is 10.7. The van der Waals surface area contributed by atoms with Crippen LogP contribution in [0.2, 0.25) is 0 Å². The van der Waals surface area contributed by atoms with Crippen LogP contribution in [-0.2, 0) is 11.5 Å². The van der Waals surface area contributed by atoms with Crippen molar-refractivity contribution in [3.05, 3.63) is 5.69 Å². The third-order valence-corrected chi connectivity index (χ3v) is 5.07. The molecule has 7 nitrogen and oxygen atoms in total. The number of carbonyl (C=O) groups excluding carboxylic acids is 1. The summed E-state index contributed by atoms with van der Waals surface area (Å²) in [5.74, 6) is 0.186. The van der Waals surface area contributed by atoms with Gasteiger partial charge in [0.05, 0.1) is 0 Å². The molecule has 1 aliphatic carbocycles. The van der Waals surface area contributed by atoms with Gasteiger partial charge in [0.2, 0.25) is 0 Å². The summed E-state index contributed by atoms with van der Waals surface area (Å²) >= 11 is 0. The Morgan fingerprint density at radius 3 is 2.83 bits per heavy atom. The molecule has 2 aliphatic rings. The van der Waals surface area contributed by atoms with E-state index in [0.29, 0.717) is 6.61 Å². The van der Waals surface area contributed by atoms with Crippen LogP contribution in [0.5, 0.6) is 0 Å². The average Bonchev–Trinajstić information content (AvgIpc) is 2.92. The van der Waals surface area contributed by atoms with Crippen molar-refractivity contribution in [3.63, 3.8) is 0 Å². The maximum atomic E-state index is 12.9. The minimum absolute atomic E-state index is 0.100. The maximum absolute atomic E-state index is 12.9. The summed E-state index contributed by atoms with van der Waals surface area (Å²) in [4.78, 5) is 14.9. The third kappa shape index (κ3) is 2.94. The topological polar surface area (TPSA) is 86.3 Å². The predicted molar refractivity (Wildman–Crippen MR) is 86.6 cm³/mol. The monoisotopic (exact) mass is 321 g/mol. The summed E-state index contributed by atoms with van der Waals surface area (Å²) in [7, 11) is 0. The van der Waals surface area contributed by atoms with Gasteiger partial charge in [-0.3, -0.25) is 4.79 Å². The Hall–Kier alpha value is -1.63. The number of nitrogens with zero attached hydrogens (tertiary/aromatic N) is 4. The SMILES string of the molecule is CCOCn1nnc(C(=O)N2CC3(C)CC2CC(C)(C)C3)c1N. The number of hydrogen-bond donors (Lipinski definition) is 1. The van der Waals surface area contributed by atoms with Crippen LogP contribution in [0.4, 0.5) is 5.82 Å². The molecule has 1 amide bonds. The highest BCUT2D eigenvalue weighted by atomic mass is 16.5. The van der Waals surface area contributed by atoms with E-state index in [4.69, 9.17) is 10.5 Å². The first-order valence-corrected chi connectivity index (χ1v) is 8.32. The Labute approximate surface area is 137 Å². The number of hydrogen-bond acceptors (Lipinski definition) is 5. The standard InChI is InChI=1S/C16H27N5O2/c1-5-23-10-21-13(17)12(18-19-21)14(22)20-9-16(4)7-11(20)6-15(2,3)8-16/h11H,5-10,17H2,1-4H3. The zero-order valence-corrected chi connectivity index (χ0v) is 14.5. The van der Waals surface area contributed by atoms with Crippen molar-refractivity contribution < 1.29 is 9.53 Å². The highest BCUT2D eigenvalue weighted by molar-refractivity contribution is 5.96. The van der Waals surface area contributed by atoms with Gasteiger partial charge in [-0.15, -0.1) is 5.10 Å². The molecule has 2 unspecified atom stereocenters. The van der Waals surface area contributed by atoms with Crippen molar-refractivity contribution in [2.24, 2.45) is 10.8 Å². The van der Waals surface area contributed by atoms with E-state index in [1.807, 2.05) is 11.8 Å². The summed E-state index contributed by atoms with van der Waals surface area (Å²) in [6, 6.07) is 0.271. The van der Waals surface area contributed by atoms with Crippen LogP contribution in [0.25, 0.3) is 0 Å². The van der Waals surface area contributed by atoms with E-state index in [1.165, 1.54) is 4.68 Å². The van der Waals surface area contributed by atoms with E-state index >= 15 is 0 Å². The minimum Gasteiger partial charge on any atom is -0.382 e. The first-order valence-electron chi connectivity index (χ1n) is 8.32. The van der Waals surface area contributed by atoms with E-state index in [0.717, 1.165) is 25.8 Å². The lowest BCUT2D eigenvalue weighted by atomic mass is 9.65. The Kier molecular flexibility index (Phi) is 3.86. The lowest BCUT2D eigenvalue weighted by Crippen LogP contribution is -2.38. The number of aromatic nitrogens is 3. The zero-order chi connectivity index (χ0) is 16.8. The lowest BCUT2D eigenvalue weighted by molar-refractivity contribution is 0.0703. The van der Waals surface area contributed by atoms with Crippen molar-refractivity contribution in [1.29, 1.82) is 0 Å². The van der Waals surface area contributed by atoms with Crippen molar-refractivity contribution in [2.75, 3.05) is 18.9 Å². The molecule has 1 aromatic heterocycles. The summed E-state index contributed by atoms with van der Waals surface area (Å²) < 4.78 is 6.72. The van der Waals surface area contributed by atoms with Gasteiger partial charge in [0.1, 0.15) is 6.73 Å². The lowest BCUT2D eigenvalue weighted by Gasteiger charge is -2.39. The molecule has 1 saturated carbocycles. The Morgan fingerprint density at radius 2 is 2.13 bits per heavy atom. The molecular weight excluding hydrogens is 294 g/mol. The van der Waals surface area contributed by atoms with Crippen LogP contribution in [0.3, 0.4) is 0 Å². The third-order valence-electron chi connectivity index (χ3n) is 5.07. The second-order valence-electron chi connectivity index (χ2n) is 8.09. The van der Waals surface area contributed by atoms with E-state index in [1.54, 1.807) is 0 Å².